The van der Waals surface area contributed by atoms with E-state index in [9.17, 15) is 9.59 Å². The summed E-state index contributed by atoms with van der Waals surface area (Å²) < 4.78 is 10.7. The van der Waals surface area contributed by atoms with Crippen molar-refractivity contribution in [2.75, 3.05) is 6.61 Å². The number of hydroxylamine groups is 1. The van der Waals surface area contributed by atoms with E-state index in [1.807, 2.05) is 0 Å². The Balaban J connectivity index is 1.93. The topological polar surface area (TPSA) is 88.8 Å². The second-order valence-electron chi connectivity index (χ2n) is 4.76. The Morgan fingerprint density at radius 3 is 2.86 bits per heavy atom. The van der Waals surface area contributed by atoms with E-state index in [0.717, 1.165) is 12.8 Å². The molecule has 0 saturated heterocycles. The highest BCUT2D eigenvalue weighted by Gasteiger charge is 2.07. The third-order valence-electron chi connectivity index (χ3n) is 3.10. The first-order valence-corrected chi connectivity index (χ1v) is 7.27. The van der Waals surface area contributed by atoms with Gasteiger partial charge in [-0.3, -0.25) is 10.0 Å². The van der Waals surface area contributed by atoms with Crippen molar-refractivity contribution < 1.29 is 19.2 Å². The molecule has 1 amide bonds. The fourth-order valence-electron chi connectivity index (χ4n) is 2.03. The van der Waals surface area contributed by atoms with Gasteiger partial charge in [-0.2, -0.15) is 0 Å². The third kappa shape index (κ3) is 4.47. The van der Waals surface area contributed by atoms with Crippen molar-refractivity contribution in [2.24, 2.45) is 0 Å². The number of hydrogen-bond donors (Lipinski definition) is 2. The monoisotopic (exact) mass is 325 g/mol. The molecule has 2 aromatic rings. The minimum absolute atomic E-state index is 0.268. The lowest BCUT2D eigenvalue weighted by Crippen LogP contribution is -2.17. The molecule has 0 bridgehead atoms. The van der Waals surface area contributed by atoms with E-state index in [1.54, 1.807) is 23.7 Å². The number of fused-ring (bicyclic) bond motifs is 1. The predicted molar refractivity (Wildman–Crippen MR) is 81.4 cm³/mol. The second-order valence-corrected chi connectivity index (χ2v) is 5.20. The van der Waals surface area contributed by atoms with Gasteiger partial charge in [0, 0.05) is 11.4 Å². The van der Waals surface area contributed by atoms with E-state index >= 15 is 0 Å². The Morgan fingerprint density at radius 2 is 2.09 bits per heavy atom. The summed E-state index contributed by atoms with van der Waals surface area (Å²) in [5.41, 5.74) is 1.53. The van der Waals surface area contributed by atoms with E-state index in [2.05, 4.69) is 0 Å². The van der Waals surface area contributed by atoms with Gasteiger partial charge in [-0.05, 0) is 37.5 Å². The van der Waals surface area contributed by atoms with Crippen LogP contribution in [0.4, 0.5) is 0 Å². The fraction of sp³-hybridized carbons (Fsp3) is 0.333. The normalized spacial score (nSPS) is 10.6. The fourth-order valence-corrected chi connectivity index (χ4v) is 2.20. The molecule has 1 heterocycles. The van der Waals surface area contributed by atoms with Gasteiger partial charge in [0.2, 0.25) is 5.91 Å². The Morgan fingerprint density at radius 1 is 1.27 bits per heavy atom. The molecule has 0 aliphatic rings. The number of benzene rings is 1. The van der Waals surface area contributed by atoms with Crippen molar-refractivity contribution in [3.8, 4) is 5.75 Å². The van der Waals surface area contributed by atoms with Gasteiger partial charge < -0.3 is 9.15 Å². The number of amides is 1. The van der Waals surface area contributed by atoms with Gasteiger partial charge in [-0.1, -0.05) is 11.6 Å². The Hall–Kier alpha value is -2.05. The molecule has 0 atom stereocenters. The SMILES string of the molecule is O=C(CCCCCOc1cc(=O)oc2ccc(Cl)cc12)NO. The Bertz CT molecular complexity index is 713. The summed E-state index contributed by atoms with van der Waals surface area (Å²) in [5.74, 6) is 0.0315. The van der Waals surface area contributed by atoms with Crippen LogP contribution in [0.3, 0.4) is 0 Å². The molecule has 2 rings (SSSR count). The molecule has 0 saturated carbocycles. The van der Waals surface area contributed by atoms with Crippen LogP contribution in [-0.4, -0.2) is 17.7 Å². The summed E-state index contributed by atoms with van der Waals surface area (Å²) >= 11 is 5.94. The highest BCUT2D eigenvalue weighted by atomic mass is 35.5. The molecule has 0 spiro atoms. The van der Waals surface area contributed by atoms with E-state index < -0.39 is 11.5 Å². The molecule has 0 fully saturated rings. The van der Waals surface area contributed by atoms with Crippen LogP contribution in [0.2, 0.25) is 5.02 Å². The highest BCUT2D eigenvalue weighted by molar-refractivity contribution is 6.31. The number of rotatable bonds is 7. The smallest absolute Gasteiger partial charge is 0.339 e. The van der Waals surface area contributed by atoms with Gasteiger partial charge in [0.1, 0.15) is 11.3 Å². The van der Waals surface area contributed by atoms with Gasteiger partial charge >= 0.3 is 5.63 Å². The van der Waals surface area contributed by atoms with Gasteiger partial charge in [0.15, 0.2) is 0 Å². The average Bonchev–Trinajstić information content (AvgIpc) is 2.50. The minimum atomic E-state index is -0.482. The van der Waals surface area contributed by atoms with Crippen LogP contribution in [0, 0.1) is 0 Å². The van der Waals surface area contributed by atoms with Crippen LogP contribution < -0.4 is 15.8 Å². The van der Waals surface area contributed by atoms with Gasteiger partial charge in [-0.15, -0.1) is 0 Å². The highest BCUT2D eigenvalue weighted by Crippen LogP contribution is 2.26. The molecule has 0 aliphatic heterocycles. The summed E-state index contributed by atoms with van der Waals surface area (Å²) in [6, 6.07) is 6.24. The molecule has 0 radical (unpaired) electrons. The predicted octanol–water partition coefficient (Wildman–Crippen LogP) is 2.89. The molecular formula is C15H16ClNO5. The van der Waals surface area contributed by atoms with Crippen molar-refractivity contribution in [3.05, 3.63) is 39.7 Å². The van der Waals surface area contributed by atoms with Crippen molar-refractivity contribution in [1.29, 1.82) is 0 Å². The van der Waals surface area contributed by atoms with Crippen LogP contribution in [0.1, 0.15) is 25.7 Å². The van der Waals surface area contributed by atoms with Crippen LogP contribution in [0.25, 0.3) is 11.0 Å². The van der Waals surface area contributed by atoms with Crippen LogP contribution in [0.15, 0.2) is 33.5 Å². The van der Waals surface area contributed by atoms with Gasteiger partial charge in [0.05, 0.1) is 18.1 Å². The molecule has 7 heteroatoms. The van der Waals surface area contributed by atoms with Crippen LogP contribution in [0.5, 0.6) is 5.75 Å². The molecule has 118 valence electrons. The number of hydrogen-bond acceptors (Lipinski definition) is 5. The number of carbonyl (C=O) groups is 1. The average molecular weight is 326 g/mol. The maximum atomic E-state index is 11.5. The first-order valence-electron chi connectivity index (χ1n) is 6.89. The quantitative estimate of drug-likeness (QED) is 0.353. The van der Waals surface area contributed by atoms with Crippen LogP contribution >= 0.6 is 11.6 Å². The van der Waals surface area contributed by atoms with E-state index in [1.165, 1.54) is 6.07 Å². The minimum Gasteiger partial charge on any atom is -0.493 e. The summed E-state index contributed by atoms with van der Waals surface area (Å²) in [7, 11) is 0. The van der Waals surface area contributed by atoms with Gasteiger partial charge in [-0.25, -0.2) is 10.3 Å². The number of carbonyl (C=O) groups excluding carboxylic acids is 1. The zero-order valence-electron chi connectivity index (χ0n) is 11.8. The standard InChI is InChI=1S/C15H16ClNO5/c16-10-5-6-12-11(8-10)13(9-15(19)22-12)21-7-3-1-2-4-14(18)17-20/h5-6,8-9,20H,1-4,7H2,(H,17,18). The first kappa shape index (κ1) is 16.3. The van der Waals surface area contributed by atoms with E-state index in [0.29, 0.717) is 34.8 Å². The summed E-state index contributed by atoms with van der Waals surface area (Å²) in [6.07, 6.45) is 2.41. The molecule has 1 aromatic carbocycles. The Kier molecular flexibility index (Phi) is 5.80. The lowest BCUT2D eigenvalue weighted by Gasteiger charge is -2.08. The summed E-state index contributed by atoms with van der Waals surface area (Å²) in [5, 5.41) is 9.54. The number of halogens is 1. The maximum absolute atomic E-state index is 11.5. The van der Waals surface area contributed by atoms with Crippen molar-refractivity contribution in [3.63, 3.8) is 0 Å². The molecule has 2 N–H and O–H groups in total. The van der Waals surface area contributed by atoms with Crippen molar-refractivity contribution in [1.82, 2.24) is 5.48 Å². The molecule has 0 unspecified atom stereocenters. The number of unbranched alkanes of at least 4 members (excludes halogenated alkanes) is 2. The second kappa shape index (κ2) is 7.82. The summed E-state index contributed by atoms with van der Waals surface area (Å²) in [6.45, 7) is 0.409. The largest absolute Gasteiger partial charge is 0.493 e. The van der Waals surface area contributed by atoms with Crippen molar-refractivity contribution >= 4 is 28.5 Å². The molecule has 0 aliphatic carbocycles. The molecule has 1 aromatic heterocycles. The van der Waals surface area contributed by atoms with Crippen LogP contribution in [-0.2, 0) is 4.79 Å². The van der Waals surface area contributed by atoms with Gasteiger partial charge in [0.25, 0.3) is 0 Å². The van der Waals surface area contributed by atoms with E-state index in [-0.39, 0.29) is 6.42 Å². The number of ether oxygens (including phenoxy) is 1. The molecular weight excluding hydrogens is 310 g/mol. The Labute approximate surface area is 131 Å². The molecule has 6 nitrogen and oxygen atoms in total. The molecule has 22 heavy (non-hydrogen) atoms. The zero-order chi connectivity index (χ0) is 15.9. The van der Waals surface area contributed by atoms with Crippen molar-refractivity contribution in [2.45, 2.75) is 25.7 Å². The first-order chi connectivity index (χ1) is 10.6. The lowest BCUT2D eigenvalue weighted by atomic mass is 10.2. The number of nitrogens with one attached hydrogen (secondary N) is 1. The lowest BCUT2D eigenvalue weighted by molar-refractivity contribution is -0.129. The zero-order valence-corrected chi connectivity index (χ0v) is 12.6. The maximum Gasteiger partial charge on any atom is 0.339 e. The summed E-state index contributed by atoms with van der Waals surface area (Å²) in [4.78, 5) is 22.3. The third-order valence-corrected chi connectivity index (χ3v) is 3.33. The van der Waals surface area contributed by atoms with E-state index in [4.69, 9.17) is 26.0 Å².